The van der Waals surface area contributed by atoms with E-state index >= 15 is 0 Å². The van der Waals surface area contributed by atoms with Crippen LogP contribution in [0.25, 0.3) is 0 Å². The lowest BCUT2D eigenvalue weighted by molar-refractivity contribution is 0.594. The number of pyridine rings is 1. The van der Waals surface area contributed by atoms with Crippen LogP contribution in [0.4, 0.5) is 0 Å². The predicted molar refractivity (Wildman–Crippen MR) is 81.1 cm³/mol. The maximum Gasteiger partial charge on any atom is 0.0614 e. The standard InChI is InChI=1S/C14H17BrN2S/c1-3-5-17-14(12-8-18-9-13(12)15)11-7-16-6-4-10(11)2/h4,6-9,14,17H,3,5H2,1-2H3. The van der Waals surface area contributed by atoms with Gasteiger partial charge >= 0.3 is 0 Å². The van der Waals surface area contributed by atoms with E-state index in [-0.39, 0.29) is 6.04 Å². The van der Waals surface area contributed by atoms with Crippen LogP contribution in [-0.2, 0) is 0 Å². The molecule has 2 nitrogen and oxygen atoms in total. The quantitative estimate of drug-likeness (QED) is 0.886. The first-order chi connectivity index (χ1) is 8.74. The van der Waals surface area contributed by atoms with Gasteiger partial charge in [-0.1, -0.05) is 6.92 Å². The minimum atomic E-state index is 0.222. The number of hydrogen-bond acceptors (Lipinski definition) is 3. The number of nitrogens with one attached hydrogen (secondary N) is 1. The van der Waals surface area contributed by atoms with Gasteiger partial charge in [0.2, 0.25) is 0 Å². The number of hydrogen-bond donors (Lipinski definition) is 1. The fraction of sp³-hybridized carbons (Fsp3) is 0.357. The zero-order valence-corrected chi connectivity index (χ0v) is 13.0. The minimum absolute atomic E-state index is 0.222. The fourth-order valence-corrected chi connectivity index (χ4v) is 3.50. The Morgan fingerprint density at radius 1 is 1.39 bits per heavy atom. The van der Waals surface area contributed by atoms with Gasteiger partial charge in [-0.3, -0.25) is 4.98 Å². The SMILES string of the molecule is CCCNC(c1cnccc1C)c1cscc1Br. The second-order valence-electron chi connectivity index (χ2n) is 4.29. The molecule has 0 aliphatic carbocycles. The van der Waals surface area contributed by atoms with Crippen LogP contribution in [0.5, 0.6) is 0 Å². The summed E-state index contributed by atoms with van der Waals surface area (Å²) in [6.07, 6.45) is 4.93. The molecular formula is C14H17BrN2S. The molecule has 0 saturated carbocycles. The molecule has 2 aromatic heterocycles. The van der Waals surface area contributed by atoms with Crippen molar-refractivity contribution in [1.29, 1.82) is 0 Å². The number of thiophene rings is 1. The summed E-state index contributed by atoms with van der Waals surface area (Å²) in [4.78, 5) is 4.26. The van der Waals surface area contributed by atoms with Gasteiger partial charge in [0.05, 0.1) is 6.04 Å². The van der Waals surface area contributed by atoms with E-state index in [1.807, 2.05) is 12.4 Å². The van der Waals surface area contributed by atoms with Gasteiger partial charge < -0.3 is 5.32 Å². The van der Waals surface area contributed by atoms with E-state index in [1.54, 1.807) is 11.3 Å². The number of rotatable bonds is 5. The molecule has 0 amide bonds. The zero-order chi connectivity index (χ0) is 13.0. The Hall–Kier alpha value is -0.710. The summed E-state index contributed by atoms with van der Waals surface area (Å²) in [6.45, 7) is 5.32. The van der Waals surface area contributed by atoms with Gasteiger partial charge in [-0.15, -0.1) is 0 Å². The van der Waals surface area contributed by atoms with E-state index in [0.29, 0.717) is 0 Å². The van der Waals surface area contributed by atoms with Gasteiger partial charge in [0.1, 0.15) is 0 Å². The maximum atomic E-state index is 4.26. The molecule has 0 saturated heterocycles. The summed E-state index contributed by atoms with van der Waals surface area (Å²) in [5.74, 6) is 0. The first kappa shape index (κ1) is 13.7. The summed E-state index contributed by atoms with van der Waals surface area (Å²) in [5.41, 5.74) is 3.83. The van der Waals surface area contributed by atoms with Gasteiger partial charge in [0.25, 0.3) is 0 Å². The third-order valence-corrected chi connectivity index (χ3v) is 4.69. The second-order valence-corrected chi connectivity index (χ2v) is 5.89. The first-order valence-corrected chi connectivity index (χ1v) is 7.83. The molecule has 0 fully saturated rings. The van der Waals surface area contributed by atoms with Crippen molar-refractivity contribution >= 4 is 27.3 Å². The summed E-state index contributed by atoms with van der Waals surface area (Å²) < 4.78 is 1.17. The predicted octanol–water partition coefficient (Wildman–Crippen LogP) is 4.30. The van der Waals surface area contributed by atoms with Gasteiger partial charge in [0, 0.05) is 22.2 Å². The van der Waals surface area contributed by atoms with Crippen molar-refractivity contribution in [2.24, 2.45) is 0 Å². The Kier molecular flexibility index (Phi) is 4.92. The maximum absolute atomic E-state index is 4.26. The lowest BCUT2D eigenvalue weighted by Crippen LogP contribution is -2.24. The minimum Gasteiger partial charge on any atom is -0.306 e. The van der Waals surface area contributed by atoms with Gasteiger partial charge in [-0.05, 0) is 64.0 Å². The normalized spacial score (nSPS) is 12.6. The van der Waals surface area contributed by atoms with Crippen molar-refractivity contribution < 1.29 is 0 Å². The molecule has 1 atom stereocenters. The summed E-state index contributed by atoms with van der Waals surface area (Å²) in [6, 6.07) is 2.29. The van der Waals surface area contributed by atoms with E-state index in [1.165, 1.54) is 21.2 Å². The molecule has 18 heavy (non-hydrogen) atoms. The number of aryl methyl sites for hydroxylation is 1. The van der Waals surface area contributed by atoms with Gasteiger partial charge in [0.15, 0.2) is 0 Å². The van der Waals surface area contributed by atoms with Crippen LogP contribution in [0.1, 0.15) is 36.1 Å². The number of nitrogens with zero attached hydrogens (tertiary/aromatic N) is 1. The summed E-state index contributed by atoms with van der Waals surface area (Å²) in [7, 11) is 0. The van der Waals surface area contributed by atoms with Crippen molar-refractivity contribution in [3.63, 3.8) is 0 Å². The number of halogens is 1. The molecule has 0 aliphatic heterocycles. The fourth-order valence-electron chi connectivity index (χ4n) is 1.95. The molecule has 96 valence electrons. The van der Waals surface area contributed by atoms with E-state index in [0.717, 1.165) is 13.0 Å². The van der Waals surface area contributed by atoms with E-state index in [2.05, 4.69) is 56.9 Å². The van der Waals surface area contributed by atoms with Crippen molar-refractivity contribution in [3.05, 3.63) is 50.4 Å². The molecule has 1 unspecified atom stereocenters. The van der Waals surface area contributed by atoms with Crippen LogP contribution >= 0.6 is 27.3 Å². The average molecular weight is 325 g/mol. The van der Waals surface area contributed by atoms with Crippen molar-refractivity contribution in [2.45, 2.75) is 26.3 Å². The number of aromatic nitrogens is 1. The molecule has 0 aromatic carbocycles. The monoisotopic (exact) mass is 324 g/mol. The largest absolute Gasteiger partial charge is 0.306 e. The van der Waals surface area contributed by atoms with Crippen molar-refractivity contribution in [2.75, 3.05) is 6.54 Å². The smallest absolute Gasteiger partial charge is 0.0614 e. The zero-order valence-electron chi connectivity index (χ0n) is 10.6. The van der Waals surface area contributed by atoms with Crippen LogP contribution in [0.3, 0.4) is 0 Å². The molecular weight excluding hydrogens is 308 g/mol. The Bertz CT molecular complexity index is 510. The molecule has 2 rings (SSSR count). The highest BCUT2D eigenvalue weighted by Crippen LogP contribution is 2.32. The summed E-state index contributed by atoms with van der Waals surface area (Å²) >= 11 is 5.35. The average Bonchev–Trinajstić information content (AvgIpc) is 2.78. The van der Waals surface area contributed by atoms with Crippen molar-refractivity contribution in [3.8, 4) is 0 Å². The topological polar surface area (TPSA) is 24.9 Å². The molecule has 0 spiro atoms. The second kappa shape index (κ2) is 6.45. The highest BCUT2D eigenvalue weighted by atomic mass is 79.9. The van der Waals surface area contributed by atoms with Crippen LogP contribution in [-0.4, -0.2) is 11.5 Å². The molecule has 4 heteroatoms. The lowest BCUT2D eigenvalue weighted by atomic mass is 9.99. The first-order valence-electron chi connectivity index (χ1n) is 6.09. The third kappa shape index (κ3) is 2.99. The molecule has 0 bridgehead atoms. The van der Waals surface area contributed by atoms with E-state index in [4.69, 9.17) is 0 Å². The van der Waals surface area contributed by atoms with Crippen LogP contribution in [0, 0.1) is 6.92 Å². The van der Waals surface area contributed by atoms with Crippen LogP contribution in [0.15, 0.2) is 33.7 Å². The van der Waals surface area contributed by atoms with Crippen LogP contribution in [0.2, 0.25) is 0 Å². The highest BCUT2D eigenvalue weighted by molar-refractivity contribution is 9.10. The van der Waals surface area contributed by atoms with Crippen LogP contribution < -0.4 is 5.32 Å². The summed E-state index contributed by atoms with van der Waals surface area (Å²) in [5, 5.41) is 7.93. The highest BCUT2D eigenvalue weighted by Gasteiger charge is 2.18. The molecule has 2 aromatic rings. The van der Waals surface area contributed by atoms with Gasteiger partial charge in [-0.2, -0.15) is 11.3 Å². The Morgan fingerprint density at radius 2 is 2.22 bits per heavy atom. The third-order valence-electron chi connectivity index (χ3n) is 2.94. The Balaban J connectivity index is 2.37. The molecule has 0 radical (unpaired) electrons. The lowest BCUT2D eigenvalue weighted by Gasteiger charge is -2.20. The molecule has 0 aliphatic rings. The molecule has 1 N–H and O–H groups in total. The molecule has 2 heterocycles. The van der Waals surface area contributed by atoms with E-state index in [9.17, 15) is 0 Å². The Labute approximate surface area is 121 Å². The van der Waals surface area contributed by atoms with Gasteiger partial charge in [-0.25, -0.2) is 0 Å². The van der Waals surface area contributed by atoms with E-state index < -0.39 is 0 Å². The van der Waals surface area contributed by atoms with Crippen molar-refractivity contribution in [1.82, 2.24) is 10.3 Å². The Morgan fingerprint density at radius 3 is 2.83 bits per heavy atom.